The Kier molecular flexibility index (Phi) is 4.46. The molecule has 2 heterocycles. The lowest BCUT2D eigenvalue weighted by atomic mass is 10.2. The summed E-state index contributed by atoms with van der Waals surface area (Å²) >= 11 is 0. The van der Waals surface area contributed by atoms with E-state index >= 15 is 0 Å². The fraction of sp³-hybridized carbons (Fsp3) is 0.188. The molecular formula is C16H14N2O6. The first-order valence-corrected chi connectivity index (χ1v) is 7.17. The molecule has 1 aromatic heterocycles. The summed E-state index contributed by atoms with van der Waals surface area (Å²) in [7, 11) is 0. The highest BCUT2D eigenvalue weighted by Crippen LogP contribution is 2.32. The molecule has 24 heavy (non-hydrogen) atoms. The average molecular weight is 330 g/mol. The van der Waals surface area contributed by atoms with Gasteiger partial charge in [-0.1, -0.05) is 0 Å². The molecule has 0 spiro atoms. The maximum Gasteiger partial charge on any atom is 0.340 e. The van der Waals surface area contributed by atoms with Crippen molar-refractivity contribution < 1.29 is 23.8 Å². The molecule has 0 atom stereocenters. The van der Waals surface area contributed by atoms with Gasteiger partial charge in [0.15, 0.2) is 18.1 Å². The van der Waals surface area contributed by atoms with Crippen LogP contribution in [0.2, 0.25) is 0 Å². The van der Waals surface area contributed by atoms with E-state index in [1.54, 1.807) is 18.2 Å². The number of amides is 1. The average Bonchev–Trinajstić information content (AvgIpc) is 2.60. The number of aromatic amines is 1. The molecule has 1 amide bonds. The lowest BCUT2D eigenvalue weighted by molar-refractivity contribution is -0.119. The maximum atomic E-state index is 11.9. The Morgan fingerprint density at radius 2 is 1.92 bits per heavy atom. The molecule has 0 unspecified atom stereocenters. The molecule has 0 aliphatic carbocycles. The Bertz CT molecular complexity index is 809. The molecule has 0 fully saturated rings. The van der Waals surface area contributed by atoms with E-state index in [2.05, 4.69) is 10.3 Å². The Morgan fingerprint density at radius 1 is 1.12 bits per heavy atom. The minimum Gasteiger partial charge on any atom is -0.486 e. The summed E-state index contributed by atoms with van der Waals surface area (Å²) in [5.41, 5.74) is 0.328. The van der Waals surface area contributed by atoms with Gasteiger partial charge in [-0.3, -0.25) is 9.59 Å². The predicted molar refractivity (Wildman–Crippen MR) is 83.4 cm³/mol. The number of pyridine rings is 1. The molecule has 1 aliphatic rings. The maximum absolute atomic E-state index is 11.9. The number of nitrogens with one attached hydrogen (secondary N) is 2. The molecule has 2 N–H and O–H groups in total. The number of anilines is 1. The third kappa shape index (κ3) is 3.72. The summed E-state index contributed by atoms with van der Waals surface area (Å²) in [5.74, 6) is -0.0407. The van der Waals surface area contributed by atoms with Crippen LogP contribution in [0.25, 0.3) is 0 Å². The van der Waals surface area contributed by atoms with Crippen molar-refractivity contribution in [1.29, 1.82) is 0 Å². The molecule has 0 radical (unpaired) electrons. The first-order valence-electron chi connectivity index (χ1n) is 7.17. The highest BCUT2D eigenvalue weighted by molar-refractivity contribution is 5.95. The van der Waals surface area contributed by atoms with Crippen LogP contribution in [-0.4, -0.2) is 36.7 Å². The SMILES string of the molecule is O=C(COC(=O)c1ccc(=O)[nH]c1)Nc1ccc2c(c1)OCCO2. The molecule has 1 aromatic carbocycles. The Hall–Kier alpha value is -3.29. The lowest BCUT2D eigenvalue weighted by Crippen LogP contribution is -2.21. The van der Waals surface area contributed by atoms with Gasteiger partial charge in [-0.2, -0.15) is 0 Å². The molecule has 0 saturated carbocycles. The Balaban J connectivity index is 1.55. The van der Waals surface area contributed by atoms with Crippen LogP contribution >= 0.6 is 0 Å². The summed E-state index contributed by atoms with van der Waals surface area (Å²) in [6.45, 7) is 0.479. The topological polar surface area (TPSA) is 107 Å². The van der Waals surface area contributed by atoms with Crippen LogP contribution in [0.15, 0.2) is 41.3 Å². The van der Waals surface area contributed by atoms with E-state index in [0.29, 0.717) is 30.4 Å². The van der Waals surface area contributed by atoms with Crippen LogP contribution in [0.5, 0.6) is 11.5 Å². The van der Waals surface area contributed by atoms with Gasteiger partial charge < -0.3 is 24.5 Å². The van der Waals surface area contributed by atoms with Crippen LogP contribution < -0.4 is 20.3 Å². The fourth-order valence-corrected chi connectivity index (χ4v) is 2.07. The monoisotopic (exact) mass is 330 g/mol. The second-order valence-corrected chi connectivity index (χ2v) is 4.92. The minimum absolute atomic E-state index is 0.154. The number of ether oxygens (including phenoxy) is 3. The third-order valence-corrected chi connectivity index (χ3v) is 3.18. The van der Waals surface area contributed by atoms with Crippen molar-refractivity contribution >= 4 is 17.6 Å². The molecule has 2 aromatic rings. The van der Waals surface area contributed by atoms with E-state index in [4.69, 9.17) is 14.2 Å². The number of carbonyl (C=O) groups is 2. The second kappa shape index (κ2) is 6.86. The summed E-state index contributed by atoms with van der Waals surface area (Å²) < 4.78 is 15.7. The zero-order valence-corrected chi connectivity index (χ0v) is 12.5. The highest BCUT2D eigenvalue weighted by atomic mass is 16.6. The first kappa shape index (κ1) is 15.6. The lowest BCUT2D eigenvalue weighted by Gasteiger charge is -2.19. The van der Waals surface area contributed by atoms with Gasteiger partial charge >= 0.3 is 5.97 Å². The van der Waals surface area contributed by atoms with Gasteiger partial charge in [0.05, 0.1) is 5.56 Å². The molecule has 124 valence electrons. The van der Waals surface area contributed by atoms with Crippen molar-refractivity contribution in [1.82, 2.24) is 4.98 Å². The Labute approximate surface area is 136 Å². The number of hydrogen-bond acceptors (Lipinski definition) is 6. The van der Waals surface area contributed by atoms with E-state index < -0.39 is 18.5 Å². The van der Waals surface area contributed by atoms with Gasteiger partial charge in [-0.15, -0.1) is 0 Å². The number of benzene rings is 1. The highest BCUT2D eigenvalue weighted by Gasteiger charge is 2.14. The van der Waals surface area contributed by atoms with Crippen molar-refractivity contribution in [2.75, 3.05) is 25.1 Å². The van der Waals surface area contributed by atoms with Crippen LogP contribution in [-0.2, 0) is 9.53 Å². The van der Waals surface area contributed by atoms with Crippen LogP contribution in [0.3, 0.4) is 0 Å². The molecule has 8 nitrogen and oxygen atoms in total. The normalized spacial score (nSPS) is 12.3. The number of carbonyl (C=O) groups excluding carboxylic acids is 2. The van der Waals surface area contributed by atoms with Gasteiger partial charge in [0.25, 0.3) is 5.91 Å². The molecule has 0 bridgehead atoms. The third-order valence-electron chi connectivity index (χ3n) is 3.18. The molecule has 1 aliphatic heterocycles. The number of rotatable bonds is 4. The van der Waals surface area contributed by atoms with Crippen LogP contribution in [0.1, 0.15) is 10.4 Å². The number of fused-ring (bicyclic) bond motifs is 1. The zero-order valence-electron chi connectivity index (χ0n) is 12.5. The fourth-order valence-electron chi connectivity index (χ4n) is 2.07. The first-order chi connectivity index (χ1) is 11.6. The van der Waals surface area contributed by atoms with E-state index in [1.807, 2.05) is 0 Å². The molecule has 0 saturated heterocycles. The van der Waals surface area contributed by atoms with E-state index in [-0.39, 0.29) is 11.1 Å². The predicted octanol–water partition coefficient (Wildman–Crippen LogP) is 0.942. The van der Waals surface area contributed by atoms with E-state index in [1.165, 1.54) is 18.3 Å². The molecular weight excluding hydrogens is 316 g/mol. The van der Waals surface area contributed by atoms with E-state index in [9.17, 15) is 14.4 Å². The number of H-pyrrole nitrogens is 1. The summed E-state index contributed by atoms with van der Waals surface area (Å²) in [5, 5.41) is 2.60. The zero-order chi connectivity index (χ0) is 16.9. The summed E-state index contributed by atoms with van der Waals surface area (Å²) in [6, 6.07) is 7.51. The van der Waals surface area contributed by atoms with Crippen molar-refractivity contribution in [2.45, 2.75) is 0 Å². The van der Waals surface area contributed by atoms with Crippen molar-refractivity contribution in [3.05, 3.63) is 52.4 Å². The second-order valence-electron chi connectivity index (χ2n) is 4.92. The van der Waals surface area contributed by atoms with Gasteiger partial charge in [0, 0.05) is 24.0 Å². The van der Waals surface area contributed by atoms with Gasteiger partial charge in [0.2, 0.25) is 5.56 Å². The summed E-state index contributed by atoms with van der Waals surface area (Å²) in [6.07, 6.45) is 1.23. The van der Waals surface area contributed by atoms with Crippen molar-refractivity contribution in [3.8, 4) is 11.5 Å². The van der Waals surface area contributed by atoms with Crippen LogP contribution in [0.4, 0.5) is 5.69 Å². The number of esters is 1. The van der Waals surface area contributed by atoms with Gasteiger partial charge in [0.1, 0.15) is 13.2 Å². The minimum atomic E-state index is -0.705. The number of aromatic nitrogens is 1. The molecule has 3 rings (SSSR count). The van der Waals surface area contributed by atoms with Gasteiger partial charge in [-0.25, -0.2) is 4.79 Å². The number of hydrogen-bond donors (Lipinski definition) is 2. The van der Waals surface area contributed by atoms with E-state index in [0.717, 1.165) is 0 Å². The molecule has 8 heteroatoms. The van der Waals surface area contributed by atoms with Crippen LogP contribution in [0, 0.1) is 0 Å². The summed E-state index contributed by atoms with van der Waals surface area (Å²) in [4.78, 5) is 36.9. The standard InChI is InChI=1S/C16H14N2O6/c19-14-4-1-10(8-17-14)16(21)24-9-15(20)18-11-2-3-12-13(7-11)23-6-5-22-12/h1-4,7-8H,5-6,9H2,(H,17,19)(H,18,20). The quantitative estimate of drug-likeness (QED) is 0.808. The largest absolute Gasteiger partial charge is 0.486 e. The van der Waals surface area contributed by atoms with Crippen molar-refractivity contribution in [3.63, 3.8) is 0 Å². The van der Waals surface area contributed by atoms with Crippen molar-refractivity contribution in [2.24, 2.45) is 0 Å². The smallest absolute Gasteiger partial charge is 0.340 e. The Morgan fingerprint density at radius 3 is 2.67 bits per heavy atom. The van der Waals surface area contributed by atoms with Gasteiger partial charge in [-0.05, 0) is 18.2 Å².